The largest absolute Gasteiger partial charge is 0.416 e. The first-order chi connectivity index (χ1) is 11.3. The Balaban J connectivity index is 2.66. The normalized spacial score (nSPS) is 14.2. The lowest BCUT2D eigenvalue weighted by atomic mass is 10.2. The molecule has 2 N–H and O–H groups in total. The molecule has 1 heterocycles. The second-order valence-corrected chi connectivity index (χ2v) is 9.23. The van der Waals surface area contributed by atoms with Crippen LogP contribution in [0.1, 0.15) is 11.3 Å². The fourth-order valence-corrected chi connectivity index (χ4v) is 3.78. The minimum Gasteiger partial charge on any atom is -0.383 e. The highest BCUT2D eigenvalue weighted by Crippen LogP contribution is 2.47. The summed E-state index contributed by atoms with van der Waals surface area (Å²) in [7, 11) is 0. The molecular weight excluding hydrogens is 494 g/mol. The zero-order valence-electron chi connectivity index (χ0n) is 11.5. The van der Waals surface area contributed by atoms with Gasteiger partial charge in [-0.1, -0.05) is 46.6 Å². The summed E-state index contributed by atoms with van der Waals surface area (Å²) in [5.74, 6) is -0.271. The van der Waals surface area contributed by atoms with E-state index in [1.54, 1.807) is 6.07 Å². The molecule has 1 aromatic carbocycles. The molecule has 1 aromatic heterocycles. The summed E-state index contributed by atoms with van der Waals surface area (Å²) < 4.78 is 50.4. The average Bonchev–Trinajstić information content (AvgIpc) is 2.73. The topological polar surface area (TPSA) is 67.6 Å². The van der Waals surface area contributed by atoms with Gasteiger partial charge in [0.1, 0.15) is 17.6 Å². The van der Waals surface area contributed by atoms with Crippen LogP contribution in [0.4, 0.5) is 23.4 Å². The second kappa shape index (κ2) is 7.04. The van der Waals surface area contributed by atoms with E-state index in [2.05, 4.69) is 21.0 Å². The number of thioether (sulfide) groups is 1. The molecule has 0 saturated carbocycles. The molecule has 13 heteroatoms. The zero-order chi connectivity index (χ0) is 19.2. The van der Waals surface area contributed by atoms with Crippen LogP contribution in [-0.2, 0) is 6.18 Å². The predicted molar refractivity (Wildman–Crippen MR) is 92.2 cm³/mol. The van der Waals surface area contributed by atoms with Crippen molar-refractivity contribution < 1.29 is 17.6 Å². The SMILES string of the molecule is N#Cc1nn(-c2c(Cl)cc(C(F)(F)F)cc2Cl)c(N)c1SC(F)(Cl)Br. The van der Waals surface area contributed by atoms with Gasteiger partial charge in [-0.2, -0.15) is 23.5 Å². The van der Waals surface area contributed by atoms with E-state index in [-0.39, 0.29) is 22.1 Å². The molecule has 0 saturated heterocycles. The average molecular weight is 499 g/mol. The van der Waals surface area contributed by atoms with Crippen molar-refractivity contribution in [3.8, 4) is 11.8 Å². The highest BCUT2D eigenvalue weighted by Gasteiger charge is 2.34. The van der Waals surface area contributed by atoms with Crippen LogP contribution in [0.25, 0.3) is 5.69 Å². The standard InChI is InChI=1S/C12H4BrCl3F4N4S/c13-12(16,20)25-9-7(3-21)23-24(10(9)22)8-5(14)1-4(2-6(8)15)11(17,18)19/h1-2H,22H2. The van der Waals surface area contributed by atoms with Crippen LogP contribution in [0.3, 0.4) is 0 Å². The lowest BCUT2D eigenvalue weighted by Gasteiger charge is -2.13. The van der Waals surface area contributed by atoms with Crippen LogP contribution in [-0.4, -0.2) is 13.1 Å². The Labute approximate surface area is 165 Å². The van der Waals surface area contributed by atoms with Crippen molar-refractivity contribution in [1.29, 1.82) is 5.26 Å². The van der Waals surface area contributed by atoms with Gasteiger partial charge in [0.25, 0.3) is 3.37 Å². The fourth-order valence-electron chi connectivity index (χ4n) is 1.81. The van der Waals surface area contributed by atoms with Crippen molar-refractivity contribution in [3.63, 3.8) is 0 Å². The predicted octanol–water partition coefficient (Wildman–Crippen LogP) is 5.96. The molecule has 4 nitrogen and oxygen atoms in total. The number of hydrogen-bond acceptors (Lipinski definition) is 4. The van der Waals surface area contributed by atoms with Gasteiger partial charge in [0.15, 0.2) is 5.69 Å². The first kappa shape index (κ1) is 20.5. The number of nitrogen functional groups attached to an aromatic ring is 1. The maximum absolute atomic E-state index is 13.6. The number of rotatable bonds is 3. The van der Waals surface area contributed by atoms with Crippen molar-refractivity contribution in [2.45, 2.75) is 14.4 Å². The van der Waals surface area contributed by atoms with Gasteiger partial charge in [-0.05, 0) is 28.1 Å². The summed E-state index contributed by atoms with van der Waals surface area (Å²) in [4.78, 5) is -0.135. The molecule has 0 aliphatic rings. The Morgan fingerprint density at radius 1 is 1.24 bits per heavy atom. The van der Waals surface area contributed by atoms with Gasteiger partial charge in [-0.15, -0.1) is 0 Å². The summed E-state index contributed by atoms with van der Waals surface area (Å²) in [6.07, 6.45) is -4.66. The minimum absolute atomic E-state index is 0.135. The van der Waals surface area contributed by atoms with Gasteiger partial charge in [-0.3, -0.25) is 0 Å². The highest BCUT2D eigenvalue weighted by atomic mass is 79.9. The lowest BCUT2D eigenvalue weighted by Crippen LogP contribution is -2.08. The number of anilines is 1. The van der Waals surface area contributed by atoms with E-state index in [1.807, 2.05) is 0 Å². The van der Waals surface area contributed by atoms with Crippen LogP contribution >= 0.6 is 62.5 Å². The zero-order valence-corrected chi connectivity index (χ0v) is 16.2. The van der Waals surface area contributed by atoms with E-state index in [9.17, 15) is 17.6 Å². The maximum Gasteiger partial charge on any atom is 0.416 e. The lowest BCUT2D eigenvalue weighted by molar-refractivity contribution is -0.137. The van der Waals surface area contributed by atoms with E-state index in [0.717, 1.165) is 4.68 Å². The van der Waals surface area contributed by atoms with Gasteiger partial charge >= 0.3 is 6.18 Å². The third kappa shape index (κ3) is 4.46. The molecule has 2 rings (SSSR count). The molecule has 25 heavy (non-hydrogen) atoms. The summed E-state index contributed by atoms with van der Waals surface area (Å²) >= 11 is 20.0. The van der Waals surface area contributed by atoms with Gasteiger partial charge in [0, 0.05) is 0 Å². The number of aromatic nitrogens is 2. The van der Waals surface area contributed by atoms with Crippen molar-refractivity contribution in [3.05, 3.63) is 33.4 Å². The number of halogens is 8. The molecule has 0 spiro atoms. The number of nitrogens with two attached hydrogens (primary N) is 1. The molecule has 0 aliphatic carbocycles. The molecule has 0 bridgehead atoms. The summed E-state index contributed by atoms with van der Waals surface area (Å²) in [6.45, 7) is 0. The van der Waals surface area contributed by atoms with E-state index >= 15 is 0 Å². The highest BCUT2D eigenvalue weighted by molar-refractivity contribution is 9.12. The molecule has 134 valence electrons. The molecule has 0 radical (unpaired) electrons. The first-order valence-corrected chi connectivity index (χ1v) is 8.70. The van der Waals surface area contributed by atoms with E-state index in [4.69, 9.17) is 45.8 Å². The molecular formula is C12H4BrCl3F4N4S. The van der Waals surface area contributed by atoms with Crippen LogP contribution in [0, 0.1) is 11.3 Å². The molecule has 0 amide bonds. The molecule has 1 atom stereocenters. The van der Waals surface area contributed by atoms with E-state index in [0.29, 0.717) is 23.9 Å². The molecule has 1 unspecified atom stereocenters. The Bertz CT molecular complexity index is 850. The number of hydrogen-bond donors (Lipinski definition) is 1. The maximum atomic E-state index is 13.6. The third-order valence-electron chi connectivity index (χ3n) is 2.76. The second-order valence-electron chi connectivity index (χ2n) is 4.42. The monoisotopic (exact) mass is 496 g/mol. The minimum atomic E-state index is -4.66. The number of benzene rings is 1. The Kier molecular flexibility index (Phi) is 5.76. The Hall–Kier alpha value is -0.860. The molecule has 0 aliphatic heterocycles. The fraction of sp³-hybridized carbons (Fsp3) is 0.167. The number of nitrogens with zero attached hydrogens (tertiary/aromatic N) is 3. The van der Waals surface area contributed by atoms with Crippen molar-refractivity contribution >= 4 is 68.3 Å². The third-order valence-corrected chi connectivity index (χ3v) is 4.89. The van der Waals surface area contributed by atoms with Crippen LogP contribution < -0.4 is 5.73 Å². The van der Waals surface area contributed by atoms with Crippen LogP contribution in [0.5, 0.6) is 0 Å². The molecule has 2 aromatic rings. The first-order valence-electron chi connectivity index (χ1n) is 5.96. The van der Waals surface area contributed by atoms with Crippen molar-refractivity contribution in [2.75, 3.05) is 5.73 Å². The van der Waals surface area contributed by atoms with Gasteiger partial charge in [-0.25, -0.2) is 9.07 Å². The van der Waals surface area contributed by atoms with E-state index < -0.39 is 25.2 Å². The van der Waals surface area contributed by atoms with Crippen molar-refractivity contribution in [1.82, 2.24) is 9.78 Å². The van der Waals surface area contributed by atoms with Crippen LogP contribution in [0.2, 0.25) is 10.0 Å². The van der Waals surface area contributed by atoms with Crippen molar-refractivity contribution in [2.24, 2.45) is 0 Å². The Morgan fingerprint density at radius 3 is 2.16 bits per heavy atom. The number of nitriles is 1. The smallest absolute Gasteiger partial charge is 0.383 e. The van der Waals surface area contributed by atoms with Gasteiger partial charge in [0.2, 0.25) is 0 Å². The molecule has 0 fully saturated rings. The van der Waals surface area contributed by atoms with Gasteiger partial charge in [0.05, 0.1) is 20.5 Å². The summed E-state index contributed by atoms with van der Waals surface area (Å²) in [5.41, 5.74) is 4.25. The van der Waals surface area contributed by atoms with E-state index in [1.165, 1.54) is 0 Å². The van der Waals surface area contributed by atoms with Crippen LogP contribution in [0.15, 0.2) is 17.0 Å². The van der Waals surface area contributed by atoms with Gasteiger partial charge < -0.3 is 5.73 Å². The Morgan fingerprint density at radius 2 is 1.76 bits per heavy atom. The number of alkyl halides is 6. The quantitative estimate of drug-likeness (QED) is 0.322. The summed E-state index contributed by atoms with van der Waals surface area (Å²) in [6, 6.07) is 2.94. The summed E-state index contributed by atoms with van der Waals surface area (Å²) in [5, 5.41) is 12.1.